The Bertz CT molecular complexity index is 899. The van der Waals surface area contributed by atoms with E-state index >= 15 is 0 Å². The molecular weight excluding hydrogens is 292 g/mol. The lowest BCUT2D eigenvalue weighted by molar-refractivity contribution is 1.10. The minimum atomic E-state index is 0.900. The topological polar surface area (TPSA) is 28.1 Å². The van der Waals surface area contributed by atoms with Gasteiger partial charge in [-0.15, -0.1) is 0 Å². The van der Waals surface area contributed by atoms with Crippen molar-refractivity contribution < 1.29 is 0 Å². The molecule has 0 atom stereocenters. The molecule has 1 N–H and O–H groups in total. The Balaban J connectivity index is 1.72. The van der Waals surface area contributed by atoms with Crippen LogP contribution in [0.4, 0.5) is 0 Å². The number of aromatic amines is 1. The number of allylic oxidation sites excluding steroid dienone is 2. The van der Waals surface area contributed by atoms with Gasteiger partial charge < -0.3 is 4.98 Å². The second-order valence-corrected chi connectivity index (χ2v) is 5.82. The van der Waals surface area contributed by atoms with E-state index in [4.69, 9.17) is 0 Å². The van der Waals surface area contributed by atoms with Crippen molar-refractivity contribution in [2.24, 2.45) is 4.99 Å². The molecule has 0 spiro atoms. The monoisotopic (exact) mass is 310 g/mol. The second kappa shape index (κ2) is 6.55. The average Bonchev–Trinajstić information content (AvgIpc) is 3.30. The minimum absolute atomic E-state index is 0.900. The summed E-state index contributed by atoms with van der Waals surface area (Å²) in [5.74, 6) is 0. The molecule has 1 aromatic heterocycles. The molecule has 116 valence electrons. The number of hydrogen-bond donors (Lipinski definition) is 1. The Hall–Kier alpha value is -3.13. The van der Waals surface area contributed by atoms with Crippen LogP contribution >= 0.6 is 0 Å². The van der Waals surface area contributed by atoms with Gasteiger partial charge in [0.25, 0.3) is 0 Å². The highest BCUT2D eigenvalue weighted by Gasteiger charge is 2.13. The molecule has 4 rings (SSSR count). The minimum Gasteiger partial charge on any atom is -0.358 e. The van der Waals surface area contributed by atoms with Gasteiger partial charge in [-0.3, -0.25) is 4.99 Å². The Morgan fingerprint density at radius 3 is 2.29 bits per heavy atom. The summed E-state index contributed by atoms with van der Waals surface area (Å²) in [6, 6.07) is 25.2. The molecule has 2 nitrogen and oxygen atoms in total. The van der Waals surface area contributed by atoms with E-state index in [1.165, 1.54) is 16.8 Å². The van der Waals surface area contributed by atoms with Crippen LogP contribution in [0.3, 0.4) is 0 Å². The first kappa shape index (κ1) is 14.5. The standard InChI is InChI=1S/C22H18N2/c1-3-8-17(9-4-1)16-19-13-14-21(24-19)22(20-12-7-15-23-20)18-10-5-2-6-11-18/h1-15,24H,16H2/b22-20-. The highest BCUT2D eigenvalue weighted by molar-refractivity contribution is 5.88. The van der Waals surface area contributed by atoms with Crippen molar-refractivity contribution in [2.45, 2.75) is 6.42 Å². The molecule has 0 radical (unpaired) electrons. The zero-order chi connectivity index (χ0) is 16.2. The predicted molar refractivity (Wildman–Crippen MR) is 100 cm³/mol. The van der Waals surface area contributed by atoms with Gasteiger partial charge >= 0.3 is 0 Å². The molecule has 24 heavy (non-hydrogen) atoms. The van der Waals surface area contributed by atoms with Gasteiger partial charge in [0.1, 0.15) is 0 Å². The van der Waals surface area contributed by atoms with Gasteiger partial charge in [0.05, 0.1) is 5.70 Å². The van der Waals surface area contributed by atoms with Crippen LogP contribution < -0.4 is 0 Å². The summed E-state index contributed by atoms with van der Waals surface area (Å²) in [5.41, 5.74) is 6.92. The summed E-state index contributed by atoms with van der Waals surface area (Å²) in [6.07, 6.45) is 6.77. The number of hydrogen-bond acceptors (Lipinski definition) is 1. The quantitative estimate of drug-likeness (QED) is 0.702. The Morgan fingerprint density at radius 2 is 1.58 bits per heavy atom. The molecule has 0 amide bonds. The fourth-order valence-corrected chi connectivity index (χ4v) is 3.00. The Morgan fingerprint density at radius 1 is 0.833 bits per heavy atom. The fraction of sp³-hybridized carbons (Fsp3) is 0.0455. The molecular formula is C22H18N2. The molecule has 0 unspecified atom stereocenters. The van der Waals surface area contributed by atoms with Crippen molar-refractivity contribution in [1.82, 2.24) is 4.98 Å². The molecule has 2 aromatic carbocycles. The third kappa shape index (κ3) is 2.99. The van der Waals surface area contributed by atoms with Crippen LogP contribution in [0.1, 0.15) is 22.5 Å². The first-order chi connectivity index (χ1) is 11.9. The molecule has 0 saturated heterocycles. The largest absolute Gasteiger partial charge is 0.358 e. The third-order valence-electron chi connectivity index (χ3n) is 4.13. The number of aromatic nitrogens is 1. The van der Waals surface area contributed by atoms with E-state index in [1.54, 1.807) is 0 Å². The van der Waals surface area contributed by atoms with E-state index < -0.39 is 0 Å². The van der Waals surface area contributed by atoms with Crippen molar-refractivity contribution in [3.05, 3.63) is 113 Å². The lowest BCUT2D eigenvalue weighted by Crippen LogP contribution is -1.93. The molecule has 1 aliphatic heterocycles. The van der Waals surface area contributed by atoms with Crippen LogP contribution in [-0.4, -0.2) is 11.2 Å². The normalized spacial score (nSPS) is 15.0. The Labute approximate surface area is 141 Å². The van der Waals surface area contributed by atoms with Gasteiger partial charge in [0.15, 0.2) is 0 Å². The third-order valence-corrected chi connectivity index (χ3v) is 4.13. The first-order valence-corrected chi connectivity index (χ1v) is 8.13. The molecule has 0 fully saturated rings. The highest BCUT2D eigenvalue weighted by atomic mass is 14.8. The first-order valence-electron chi connectivity index (χ1n) is 8.13. The van der Waals surface area contributed by atoms with E-state index in [-0.39, 0.29) is 0 Å². The van der Waals surface area contributed by atoms with Gasteiger partial charge in [0.2, 0.25) is 0 Å². The van der Waals surface area contributed by atoms with Gasteiger partial charge in [-0.2, -0.15) is 0 Å². The molecule has 3 aromatic rings. The van der Waals surface area contributed by atoms with Crippen LogP contribution in [0.2, 0.25) is 0 Å². The summed E-state index contributed by atoms with van der Waals surface area (Å²) in [4.78, 5) is 8.08. The van der Waals surface area contributed by atoms with Crippen LogP contribution in [-0.2, 0) is 6.42 Å². The number of aliphatic imine (C=N–C) groups is 1. The van der Waals surface area contributed by atoms with Crippen molar-refractivity contribution in [2.75, 3.05) is 0 Å². The highest BCUT2D eigenvalue weighted by Crippen LogP contribution is 2.29. The maximum atomic E-state index is 4.51. The van der Waals surface area contributed by atoms with Crippen molar-refractivity contribution >= 4 is 11.8 Å². The Kier molecular flexibility index (Phi) is 3.95. The van der Waals surface area contributed by atoms with E-state index in [9.17, 15) is 0 Å². The van der Waals surface area contributed by atoms with Crippen LogP contribution in [0.5, 0.6) is 0 Å². The summed E-state index contributed by atoms with van der Waals surface area (Å²) in [5, 5.41) is 0. The van der Waals surface area contributed by atoms with Crippen molar-refractivity contribution in [3.8, 4) is 0 Å². The summed E-state index contributed by atoms with van der Waals surface area (Å²) in [7, 11) is 0. The summed E-state index contributed by atoms with van der Waals surface area (Å²) >= 11 is 0. The number of nitrogens with zero attached hydrogens (tertiary/aromatic N) is 1. The van der Waals surface area contributed by atoms with Gasteiger partial charge in [-0.25, -0.2) is 0 Å². The molecule has 0 saturated carbocycles. The maximum absolute atomic E-state index is 4.51. The summed E-state index contributed by atoms with van der Waals surface area (Å²) < 4.78 is 0. The number of rotatable bonds is 4. The number of benzene rings is 2. The fourth-order valence-electron chi connectivity index (χ4n) is 3.00. The van der Waals surface area contributed by atoms with Crippen LogP contribution in [0.15, 0.2) is 95.6 Å². The molecule has 1 aliphatic rings. The summed E-state index contributed by atoms with van der Waals surface area (Å²) in [6.45, 7) is 0. The smallest absolute Gasteiger partial charge is 0.0729 e. The molecule has 0 aliphatic carbocycles. The van der Waals surface area contributed by atoms with Crippen LogP contribution in [0, 0.1) is 0 Å². The average molecular weight is 310 g/mol. The molecule has 2 heteroatoms. The van der Waals surface area contributed by atoms with E-state index in [2.05, 4.69) is 76.7 Å². The lowest BCUT2D eigenvalue weighted by atomic mass is 10.0. The number of nitrogens with one attached hydrogen (secondary N) is 1. The van der Waals surface area contributed by atoms with Crippen molar-refractivity contribution in [1.29, 1.82) is 0 Å². The van der Waals surface area contributed by atoms with Gasteiger partial charge in [0, 0.05) is 29.6 Å². The molecule has 0 bridgehead atoms. The van der Waals surface area contributed by atoms with E-state index in [0.29, 0.717) is 0 Å². The predicted octanol–water partition coefficient (Wildman–Crippen LogP) is 5.01. The van der Waals surface area contributed by atoms with Gasteiger partial charge in [-0.1, -0.05) is 60.7 Å². The maximum Gasteiger partial charge on any atom is 0.0729 e. The van der Waals surface area contributed by atoms with Crippen molar-refractivity contribution in [3.63, 3.8) is 0 Å². The second-order valence-electron chi connectivity index (χ2n) is 5.82. The molecule has 2 heterocycles. The zero-order valence-electron chi connectivity index (χ0n) is 13.3. The van der Waals surface area contributed by atoms with E-state index in [0.717, 1.165) is 23.4 Å². The SMILES string of the molecule is C1=C/C(=C(\c2ccccc2)c2ccc(Cc3ccccc3)[nH]2)N=C1. The zero-order valence-corrected chi connectivity index (χ0v) is 13.3. The van der Waals surface area contributed by atoms with Gasteiger partial charge in [-0.05, 0) is 35.4 Å². The van der Waals surface area contributed by atoms with E-state index in [1.807, 2.05) is 24.4 Å². The number of H-pyrrole nitrogens is 1. The lowest BCUT2D eigenvalue weighted by Gasteiger charge is -2.08. The van der Waals surface area contributed by atoms with Crippen LogP contribution in [0.25, 0.3) is 5.57 Å².